The van der Waals surface area contributed by atoms with Gasteiger partial charge in [0.1, 0.15) is 0 Å². The number of benzene rings is 2. The van der Waals surface area contributed by atoms with Crippen LogP contribution in [0.15, 0.2) is 54.6 Å². The predicted octanol–water partition coefficient (Wildman–Crippen LogP) is 3.53. The first-order valence-electron chi connectivity index (χ1n) is 9.03. The summed E-state index contributed by atoms with van der Waals surface area (Å²) in [5.41, 5.74) is 2.70. The first kappa shape index (κ1) is 17.6. The van der Waals surface area contributed by atoms with Crippen molar-refractivity contribution in [1.29, 1.82) is 0 Å². The van der Waals surface area contributed by atoms with Crippen molar-refractivity contribution in [1.82, 2.24) is 4.90 Å². The molecule has 132 valence electrons. The summed E-state index contributed by atoms with van der Waals surface area (Å²) in [7, 11) is 0. The maximum absolute atomic E-state index is 12.3. The Kier molecular flexibility index (Phi) is 6.20. The van der Waals surface area contributed by atoms with E-state index in [9.17, 15) is 4.79 Å². The van der Waals surface area contributed by atoms with Gasteiger partial charge >= 0.3 is 0 Å². The minimum Gasteiger partial charge on any atom is -0.396 e. The van der Waals surface area contributed by atoms with Gasteiger partial charge < -0.3 is 10.4 Å². The Morgan fingerprint density at radius 3 is 2.60 bits per heavy atom. The van der Waals surface area contributed by atoms with Crippen LogP contribution in [0.1, 0.15) is 35.2 Å². The Hall–Kier alpha value is -2.17. The van der Waals surface area contributed by atoms with Gasteiger partial charge in [-0.15, -0.1) is 0 Å². The number of carbonyl (C=O) groups excluding carboxylic acids is 1. The van der Waals surface area contributed by atoms with Crippen molar-refractivity contribution in [2.24, 2.45) is 5.92 Å². The molecular formula is C21H26N2O2. The molecular weight excluding hydrogens is 312 g/mol. The van der Waals surface area contributed by atoms with Crippen LogP contribution in [-0.2, 0) is 6.54 Å². The van der Waals surface area contributed by atoms with Crippen LogP contribution in [0.2, 0.25) is 0 Å². The second-order valence-corrected chi connectivity index (χ2v) is 6.77. The van der Waals surface area contributed by atoms with Crippen LogP contribution in [0, 0.1) is 5.92 Å². The van der Waals surface area contributed by atoms with Gasteiger partial charge in [-0.25, -0.2) is 0 Å². The molecule has 2 N–H and O–H groups in total. The minimum absolute atomic E-state index is 0.0845. The molecule has 1 aliphatic heterocycles. The summed E-state index contributed by atoms with van der Waals surface area (Å²) in [6, 6.07) is 17.4. The number of hydrogen-bond donors (Lipinski definition) is 2. The molecule has 2 aromatic rings. The minimum atomic E-state index is -0.0845. The number of aliphatic hydroxyl groups is 1. The summed E-state index contributed by atoms with van der Waals surface area (Å²) in [6.45, 7) is 3.35. The van der Waals surface area contributed by atoms with Crippen molar-refractivity contribution in [3.8, 4) is 0 Å². The number of nitrogens with one attached hydrogen (secondary N) is 1. The van der Waals surface area contributed by atoms with Crippen LogP contribution in [0.3, 0.4) is 0 Å². The molecule has 25 heavy (non-hydrogen) atoms. The highest BCUT2D eigenvalue weighted by Crippen LogP contribution is 2.21. The lowest BCUT2D eigenvalue weighted by atomic mass is 9.95. The molecule has 1 heterocycles. The monoisotopic (exact) mass is 338 g/mol. The molecule has 1 saturated heterocycles. The van der Waals surface area contributed by atoms with E-state index in [1.54, 1.807) is 0 Å². The molecule has 0 aromatic heterocycles. The molecule has 0 aliphatic carbocycles. The zero-order chi connectivity index (χ0) is 17.5. The van der Waals surface area contributed by atoms with E-state index < -0.39 is 0 Å². The molecule has 1 atom stereocenters. The summed E-state index contributed by atoms with van der Waals surface area (Å²) in [6.07, 6.45) is 3.31. The topological polar surface area (TPSA) is 52.6 Å². The Labute approximate surface area is 149 Å². The molecule has 2 aromatic carbocycles. The van der Waals surface area contributed by atoms with E-state index in [4.69, 9.17) is 5.11 Å². The van der Waals surface area contributed by atoms with Gasteiger partial charge in [-0.1, -0.05) is 30.3 Å². The molecule has 0 saturated carbocycles. The average Bonchev–Trinajstić information content (AvgIpc) is 2.64. The van der Waals surface area contributed by atoms with E-state index in [0.29, 0.717) is 11.5 Å². The van der Waals surface area contributed by atoms with Crippen molar-refractivity contribution < 1.29 is 9.90 Å². The van der Waals surface area contributed by atoms with Crippen LogP contribution >= 0.6 is 0 Å². The molecule has 4 nitrogen and oxygen atoms in total. The Morgan fingerprint density at radius 1 is 1.12 bits per heavy atom. The van der Waals surface area contributed by atoms with Crippen molar-refractivity contribution in [2.75, 3.05) is 25.0 Å². The third-order valence-electron chi connectivity index (χ3n) is 4.79. The Bertz CT molecular complexity index is 668. The number of rotatable bonds is 6. The quantitative estimate of drug-likeness (QED) is 0.847. The Morgan fingerprint density at radius 2 is 1.88 bits per heavy atom. The lowest BCUT2D eigenvalue weighted by molar-refractivity contribution is 0.102. The molecule has 0 spiro atoms. The molecule has 1 amide bonds. The predicted molar refractivity (Wildman–Crippen MR) is 101 cm³/mol. The molecule has 1 unspecified atom stereocenters. The molecule has 4 heteroatoms. The fourth-order valence-corrected chi connectivity index (χ4v) is 3.46. The zero-order valence-corrected chi connectivity index (χ0v) is 14.5. The van der Waals surface area contributed by atoms with Gasteiger partial charge in [-0.05, 0) is 61.6 Å². The first-order chi connectivity index (χ1) is 12.2. The highest BCUT2D eigenvalue weighted by Gasteiger charge is 2.19. The number of nitrogens with zero attached hydrogens (tertiary/aromatic N) is 1. The smallest absolute Gasteiger partial charge is 0.255 e. The first-order valence-corrected chi connectivity index (χ1v) is 9.03. The normalized spacial score (nSPS) is 18.0. The van der Waals surface area contributed by atoms with Gasteiger partial charge in [-0.3, -0.25) is 9.69 Å². The van der Waals surface area contributed by atoms with Crippen molar-refractivity contribution in [3.63, 3.8) is 0 Å². The van der Waals surface area contributed by atoms with Crippen molar-refractivity contribution in [3.05, 3.63) is 65.7 Å². The molecule has 1 fully saturated rings. The average molecular weight is 338 g/mol. The largest absolute Gasteiger partial charge is 0.396 e. The summed E-state index contributed by atoms with van der Waals surface area (Å²) in [4.78, 5) is 14.7. The standard InChI is InChI=1S/C21H26N2O2/c24-14-12-17-5-4-13-23(15-17)16-18-8-10-19(11-9-18)21(25)22-20-6-2-1-3-7-20/h1-3,6-11,17,24H,4-5,12-16H2,(H,22,25). The van der Waals surface area contributed by atoms with Gasteiger partial charge in [-0.2, -0.15) is 0 Å². The van der Waals surface area contributed by atoms with Gasteiger partial charge in [0.2, 0.25) is 0 Å². The highest BCUT2D eigenvalue weighted by molar-refractivity contribution is 6.04. The number of para-hydroxylation sites is 1. The number of piperidine rings is 1. The number of aliphatic hydroxyl groups excluding tert-OH is 1. The third-order valence-corrected chi connectivity index (χ3v) is 4.79. The van der Waals surface area contributed by atoms with Crippen LogP contribution in [0.4, 0.5) is 5.69 Å². The SMILES string of the molecule is O=C(Nc1ccccc1)c1ccc(CN2CCCC(CCO)C2)cc1. The van der Waals surface area contributed by atoms with Gasteiger partial charge in [0, 0.05) is 30.9 Å². The number of carbonyl (C=O) groups is 1. The molecule has 0 bridgehead atoms. The lowest BCUT2D eigenvalue weighted by Crippen LogP contribution is -2.35. The number of hydrogen-bond acceptors (Lipinski definition) is 3. The van der Waals surface area contributed by atoms with E-state index in [2.05, 4.69) is 10.2 Å². The number of amides is 1. The maximum atomic E-state index is 12.3. The van der Waals surface area contributed by atoms with Crippen LogP contribution in [-0.4, -0.2) is 35.6 Å². The number of likely N-dealkylation sites (tertiary alicyclic amines) is 1. The third kappa shape index (κ3) is 5.15. The lowest BCUT2D eigenvalue weighted by Gasteiger charge is -2.32. The summed E-state index contributed by atoms with van der Waals surface area (Å²) >= 11 is 0. The molecule has 0 radical (unpaired) electrons. The molecule has 3 rings (SSSR count). The zero-order valence-electron chi connectivity index (χ0n) is 14.5. The van der Waals surface area contributed by atoms with E-state index in [1.807, 2.05) is 54.6 Å². The number of anilines is 1. The Balaban J connectivity index is 1.56. The van der Waals surface area contributed by atoms with Crippen LogP contribution < -0.4 is 5.32 Å². The summed E-state index contributed by atoms with van der Waals surface area (Å²) < 4.78 is 0. The van der Waals surface area contributed by atoms with Crippen LogP contribution in [0.25, 0.3) is 0 Å². The van der Waals surface area contributed by atoms with E-state index in [0.717, 1.165) is 31.7 Å². The van der Waals surface area contributed by atoms with E-state index >= 15 is 0 Å². The van der Waals surface area contributed by atoms with Crippen LogP contribution in [0.5, 0.6) is 0 Å². The fourth-order valence-electron chi connectivity index (χ4n) is 3.46. The highest BCUT2D eigenvalue weighted by atomic mass is 16.3. The summed E-state index contributed by atoms with van der Waals surface area (Å²) in [5, 5.41) is 12.0. The summed E-state index contributed by atoms with van der Waals surface area (Å²) in [5.74, 6) is 0.522. The maximum Gasteiger partial charge on any atom is 0.255 e. The van der Waals surface area contributed by atoms with Crippen molar-refractivity contribution in [2.45, 2.75) is 25.8 Å². The fraction of sp³-hybridized carbons (Fsp3) is 0.381. The second kappa shape index (κ2) is 8.79. The van der Waals surface area contributed by atoms with Gasteiger partial charge in [0.15, 0.2) is 0 Å². The molecule has 1 aliphatic rings. The van der Waals surface area contributed by atoms with Gasteiger partial charge in [0.05, 0.1) is 0 Å². The van der Waals surface area contributed by atoms with E-state index in [-0.39, 0.29) is 12.5 Å². The second-order valence-electron chi connectivity index (χ2n) is 6.77. The van der Waals surface area contributed by atoms with Gasteiger partial charge in [0.25, 0.3) is 5.91 Å². The van der Waals surface area contributed by atoms with E-state index in [1.165, 1.54) is 18.4 Å². The van der Waals surface area contributed by atoms with Crippen molar-refractivity contribution >= 4 is 11.6 Å².